The Hall–Kier alpha value is -1.59. The van der Waals surface area contributed by atoms with Crippen molar-refractivity contribution < 1.29 is 4.42 Å². The summed E-state index contributed by atoms with van der Waals surface area (Å²) in [4.78, 5) is 13.7. The lowest BCUT2D eigenvalue weighted by Crippen LogP contribution is -2.28. The lowest BCUT2D eigenvalue weighted by molar-refractivity contribution is 0.554. The molecule has 1 aromatic carbocycles. The van der Waals surface area contributed by atoms with Crippen LogP contribution in [0.2, 0.25) is 0 Å². The molecule has 1 heterocycles. The molecule has 3 N–H and O–H groups in total. The third kappa shape index (κ3) is 2.80. The highest BCUT2D eigenvalue weighted by Gasteiger charge is 2.19. The first-order chi connectivity index (χ1) is 8.81. The van der Waals surface area contributed by atoms with Crippen LogP contribution in [0.15, 0.2) is 27.4 Å². The van der Waals surface area contributed by atoms with Gasteiger partial charge in [-0.25, -0.2) is 4.79 Å². The second-order valence-corrected chi connectivity index (χ2v) is 4.75. The van der Waals surface area contributed by atoms with Crippen LogP contribution in [0.3, 0.4) is 0 Å². The molecular formula is C13H17N3O2. The molecule has 0 bridgehead atoms. The van der Waals surface area contributed by atoms with E-state index in [0.717, 1.165) is 36.8 Å². The van der Waals surface area contributed by atoms with Crippen LogP contribution in [-0.2, 0) is 6.54 Å². The first-order valence-electron chi connectivity index (χ1n) is 6.37. The molecule has 1 aromatic heterocycles. The predicted molar refractivity (Wildman–Crippen MR) is 69.6 cm³/mol. The minimum atomic E-state index is -0.399. The van der Waals surface area contributed by atoms with Gasteiger partial charge in [0.05, 0.1) is 5.52 Å². The zero-order valence-electron chi connectivity index (χ0n) is 10.2. The molecule has 5 heteroatoms. The second-order valence-electron chi connectivity index (χ2n) is 4.75. The number of benzene rings is 1. The summed E-state index contributed by atoms with van der Waals surface area (Å²) in [6.45, 7) is 2.74. The number of aromatic amines is 1. The zero-order chi connectivity index (χ0) is 12.4. The van der Waals surface area contributed by atoms with E-state index in [1.165, 1.54) is 12.8 Å². The number of nitrogens with one attached hydrogen (secondary N) is 3. The van der Waals surface area contributed by atoms with Crippen LogP contribution in [0.4, 0.5) is 0 Å². The van der Waals surface area contributed by atoms with Crippen LogP contribution < -0.4 is 16.4 Å². The van der Waals surface area contributed by atoms with Crippen LogP contribution in [0, 0.1) is 0 Å². The fourth-order valence-electron chi connectivity index (χ4n) is 1.98. The molecule has 0 spiro atoms. The van der Waals surface area contributed by atoms with Crippen molar-refractivity contribution in [2.75, 3.05) is 13.1 Å². The lowest BCUT2D eigenvalue weighted by atomic mass is 10.2. The quantitative estimate of drug-likeness (QED) is 0.665. The monoisotopic (exact) mass is 247 g/mol. The summed E-state index contributed by atoms with van der Waals surface area (Å²) in [6, 6.07) is 6.53. The lowest BCUT2D eigenvalue weighted by Gasteiger charge is -2.05. The number of aromatic nitrogens is 1. The van der Waals surface area contributed by atoms with E-state index in [4.69, 9.17) is 4.42 Å². The van der Waals surface area contributed by atoms with Gasteiger partial charge in [-0.15, -0.1) is 0 Å². The standard InChI is InChI=1S/C13H17N3O2/c17-13-16-11-4-1-9(7-12(11)18-13)8-14-5-6-15-10-2-3-10/h1,4,7,10,14-15H,2-3,5-6,8H2,(H,16,17). The summed E-state index contributed by atoms with van der Waals surface area (Å²) in [5.41, 5.74) is 2.49. The molecule has 1 aliphatic rings. The minimum absolute atomic E-state index is 0.399. The summed E-state index contributed by atoms with van der Waals surface area (Å²) in [6.07, 6.45) is 2.65. The van der Waals surface area contributed by atoms with Gasteiger partial charge in [-0.2, -0.15) is 0 Å². The van der Waals surface area contributed by atoms with Gasteiger partial charge in [0.1, 0.15) is 0 Å². The highest BCUT2D eigenvalue weighted by Crippen LogP contribution is 2.17. The fourth-order valence-corrected chi connectivity index (χ4v) is 1.98. The van der Waals surface area contributed by atoms with Crippen molar-refractivity contribution in [3.05, 3.63) is 34.3 Å². The Labute approximate surface area is 105 Å². The van der Waals surface area contributed by atoms with Crippen molar-refractivity contribution in [1.82, 2.24) is 15.6 Å². The van der Waals surface area contributed by atoms with E-state index < -0.39 is 5.76 Å². The summed E-state index contributed by atoms with van der Waals surface area (Å²) in [5, 5.41) is 6.81. The molecule has 96 valence electrons. The van der Waals surface area contributed by atoms with Gasteiger partial charge < -0.3 is 15.1 Å². The van der Waals surface area contributed by atoms with Gasteiger partial charge in [-0.05, 0) is 30.5 Å². The molecule has 1 aliphatic carbocycles. The first-order valence-corrected chi connectivity index (χ1v) is 6.37. The van der Waals surface area contributed by atoms with Gasteiger partial charge in [0.25, 0.3) is 0 Å². The molecule has 18 heavy (non-hydrogen) atoms. The number of H-pyrrole nitrogens is 1. The average Bonchev–Trinajstić information content (AvgIpc) is 3.09. The van der Waals surface area contributed by atoms with E-state index in [9.17, 15) is 4.79 Å². The summed E-state index contributed by atoms with van der Waals surface area (Å²) in [7, 11) is 0. The maximum atomic E-state index is 11.0. The maximum absolute atomic E-state index is 11.0. The Kier molecular flexibility index (Phi) is 3.17. The summed E-state index contributed by atoms with van der Waals surface area (Å²) < 4.78 is 5.02. The number of hydrogen-bond acceptors (Lipinski definition) is 4. The van der Waals surface area contributed by atoms with E-state index in [0.29, 0.717) is 5.58 Å². The molecule has 3 rings (SSSR count). The molecule has 1 fully saturated rings. The van der Waals surface area contributed by atoms with Crippen molar-refractivity contribution in [2.24, 2.45) is 0 Å². The largest absolute Gasteiger partial charge is 0.417 e. The van der Waals surface area contributed by atoms with Crippen LogP contribution in [0.1, 0.15) is 18.4 Å². The summed E-state index contributed by atoms with van der Waals surface area (Å²) >= 11 is 0. The van der Waals surface area contributed by atoms with Gasteiger partial charge >= 0.3 is 5.76 Å². The van der Waals surface area contributed by atoms with Gasteiger partial charge in [0.15, 0.2) is 5.58 Å². The Morgan fingerprint density at radius 2 is 2.22 bits per heavy atom. The Balaban J connectivity index is 1.51. The summed E-state index contributed by atoms with van der Waals surface area (Å²) in [5.74, 6) is -0.399. The number of oxazole rings is 1. The molecule has 2 aromatic rings. The van der Waals surface area contributed by atoms with Gasteiger partial charge in [0.2, 0.25) is 0 Å². The minimum Gasteiger partial charge on any atom is -0.408 e. The van der Waals surface area contributed by atoms with Crippen LogP contribution >= 0.6 is 0 Å². The molecule has 1 saturated carbocycles. The van der Waals surface area contributed by atoms with E-state index >= 15 is 0 Å². The first kappa shape index (κ1) is 11.5. The second kappa shape index (κ2) is 4.96. The van der Waals surface area contributed by atoms with Crippen molar-refractivity contribution in [2.45, 2.75) is 25.4 Å². The molecular weight excluding hydrogens is 230 g/mol. The van der Waals surface area contributed by atoms with E-state index in [-0.39, 0.29) is 0 Å². The smallest absolute Gasteiger partial charge is 0.408 e. The van der Waals surface area contributed by atoms with E-state index in [2.05, 4.69) is 15.6 Å². The topological polar surface area (TPSA) is 70.1 Å². The van der Waals surface area contributed by atoms with Crippen molar-refractivity contribution in [3.8, 4) is 0 Å². The zero-order valence-corrected chi connectivity index (χ0v) is 10.2. The third-order valence-corrected chi connectivity index (χ3v) is 3.13. The number of fused-ring (bicyclic) bond motifs is 1. The van der Waals surface area contributed by atoms with E-state index in [1.54, 1.807) is 0 Å². The SMILES string of the molecule is O=c1[nH]c2ccc(CNCCNC3CC3)cc2o1. The molecule has 0 radical (unpaired) electrons. The molecule has 0 atom stereocenters. The normalized spacial score (nSPS) is 15.3. The molecule has 0 aliphatic heterocycles. The van der Waals surface area contributed by atoms with Gasteiger partial charge in [-0.1, -0.05) is 6.07 Å². The Morgan fingerprint density at radius 3 is 3.06 bits per heavy atom. The van der Waals surface area contributed by atoms with E-state index in [1.807, 2.05) is 18.2 Å². The fraction of sp³-hybridized carbons (Fsp3) is 0.462. The molecule has 0 unspecified atom stereocenters. The van der Waals surface area contributed by atoms with Crippen molar-refractivity contribution in [3.63, 3.8) is 0 Å². The highest BCUT2D eigenvalue weighted by atomic mass is 16.4. The predicted octanol–water partition coefficient (Wildman–Crippen LogP) is 0.963. The Morgan fingerprint density at radius 1 is 1.33 bits per heavy atom. The van der Waals surface area contributed by atoms with Crippen LogP contribution in [0.25, 0.3) is 11.1 Å². The highest BCUT2D eigenvalue weighted by molar-refractivity contribution is 5.72. The number of hydrogen-bond donors (Lipinski definition) is 3. The molecule has 0 amide bonds. The number of rotatable bonds is 6. The van der Waals surface area contributed by atoms with Crippen molar-refractivity contribution in [1.29, 1.82) is 0 Å². The molecule has 5 nitrogen and oxygen atoms in total. The van der Waals surface area contributed by atoms with Crippen LogP contribution in [0.5, 0.6) is 0 Å². The van der Waals surface area contributed by atoms with Crippen LogP contribution in [-0.4, -0.2) is 24.1 Å². The maximum Gasteiger partial charge on any atom is 0.417 e. The van der Waals surface area contributed by atoms with Gasteiger partial charge in [-0.3, -0.25) is 4.98 Å². The third-order valence-electron chi connectivity index (χ3n) is 3.13. The van der Waals surface area contributed by atoms with Gasteiger partial charge in [0, 0.05) is 25.7 Å². The Bertz CT molecular complexity index is 583. The average molecular weight is 247 g/mol. The van der Waals surface area contributed by atoms with Crippen molar-refractivity contribution >= 4 is 11.1 Å². The molecule has 0 saturated heterocycles.